The number of hydrazine groups is 1. The van der Waals surface area contributed by atoms with Crippen molar-refractivity contribution in [2.45, 2.75) is 32.1 Å². The second-order valence-electron chi connectivity index (χ2n) is 5.50. The Kier molecular flexibility index (Phi) is 3.33. The van der Waals surface area contributed by atoms with E-state index in [-0.39, 0.29) is 5.91 Å². The maximum absolute atomic E-state index is 12.4. The van der Waals surface area contributed by atoms with Gasteiger partial charge in [-0.25, -0.2) is 9.97 Å². The number of aromatic nitrogens is 2. The molecule has 5 nitrogen and oxygen atoms in total. The van der Waals surface area contributed by atoms with Crippen LogP contribution in [0.1, 0.15) is 29.8 Å². The summed E-state index contributed by atoms with van der Waals surface area (Å²) in [7, 11) is 0. The van der Waals surface area contributed by atoms with Crippen LogP contribution in [0.25, 0.3) is 0 Å². The van der Waals surface area contributed by atoms with E-state index in [2.05, 4.69) is 20.8 Å². The first-order valence-corrected chi connectivity index (χ1v) is 7.04. The van der Waals surface area contributed by atoms with E-state index in [0.29, 0.717) is 5.95 Å². The van der Waals surface area contributed by atoms with E-state index in [1.807, 2.05) is 50.2 Å². The minimum absolute atomic E-state index is 0.0311. The Morgan fingerprint density at radius 2 is 1.71 bits per heavy atom. The van der Waals surface area contributed by atoms with Gasteiger partial charge in [0.05, 0.1) is 5.41 Å². The van der Waals surface area contributed by atoms with Gasteiger partial charge in [0.2, 0.25) is 11.9 Å². The smallest absolute Gasteiger partial charge is 0.249 e. The number of hydrogen-bond acceptors (Lipinski definition) is 4. The molecule has 0 bridgehead atoms. The van der Waals surface area contributed by atoms with E-state index in [4.69, 9.17) is 0 Å². The maximum atomic E-state index is 12.4. The fourth-order valence-corrected chi connectivity index (χ4v) is 2.54. The highest BCUT2D eigenvalue weighted by molar-refractivity contribution is 5.91. The quantitative estimate of drug-likeness (QED) is 0.844. The lowest BCUT2D eigenvalue weighted by molar-refractivity contribution is -0.123. The van der Waals surface area contributed by atoms with E-state index >= 15 is 0 Å². The van der Waals surface area contributed by atoms with Crippen molar-refractivity contribution < 1.29 is 4.79 Å². The first-order chi connectivity index (χ1) is 10.1. The molecule has 1 heterocycles. The van der Waals surface area contributed by atoms with Crippen LogP contribution in [0.5, 0.6) is 0 Å². The predicted molar refractivity (Wildman–Crippen MR) is 80.6 cm³/mol. The summed E-state index contributed by atoms with van der Waals surface area (Å²) in [5.74, 6) is 0.390. The molecule has 1 aliphatic carbocycles. The number of aryl methyl sites for hydroxylation is 2. The first-order valence-electron chi connectivity index (χ1n) is 7.04. The van der Waals surface area contributed by atoms with Gasteiger partial charge in [-0.3, -0.25) is 15.6 Å². The lowest BCUT2D eigenvalue weighted by atomic mass is 9.95. The summed E-state index contributed by atoms with van der Waals surface area (Å²) in [4.78, 5) is 20.9. The van der Waals surface area contributed by atoms with Gasteiger partial charge in [-0.15, -0.1) is 0 Å². The summed E-state index contributed by atoms with van der Waals surface area (Å²) in [5.41, 5.74) is 7.95. The average Bonchev–Trinajstić information content (AvgIpc) is 3.26. The molecular weight excluding hydrogens is 264 g/mol. The van der Waals surface area contributed by atoms with Crippen LogP contribution in [0.4, 0.5) is 5.95 Å². The second-order valence-corrected chi connectivity index (χ2v) is 5.50. The van der Waals surface area contributed by atoms with Crippen LogP contribution in [0.2, 0.25) is 0 Å². The fraction of sp³-hybridized carbons (Fsp3) is 0.312. The Labute approximate surface area is 123 Å². The Morgan fingerprint density at radius 1 is 1.10 bits per heavy atom. The molecule has 1 amide bonds. The topological polar surface area (TPSA) is 66.9 Å². The van der Waals surface area contributed by atoms with Crippen LogP contribution in [0.15, 0.2) is 36.4 Å². The Bertz CT molecular complexity index is 645. The van der Waals surface area contributed by atoms with E-state index in [9.17, 15) is 4.79 Å². The molecule has 0 atom stereocenters. The summed E-state index contributed by atoms with van der Waals surface area (Å²) in [5, 5.41) is 0. The van der Waals surface area contributed by atoms with Crippen LogP contribution in [-0.2, 0) is 10.2 Å². The molecule has 0 aliphatic heterocycles. The third-order valence-electron chi connectivity index (χ3n) is 3.78. The monoisotopic (exact) mass is 282 g/mol. The molecule has 2 N–H and O–H groups in total. The van der Waals surface area contributed by atoms with Gasteiger partial charge < -0.3 is 0 Å². The Morgan fingerprint density at radius 3 is 2.29 bits per heavy atom. The molecule has 108 valence electrons. The van der Waals surface area contributed by atoms with Gasteiger partial charge in [-0.2, -0.15) is 0 Å². The zero-order chi connectivity index (χ0) is 14.9. The molecule has 0 spiro atoms. The molecule has 1 saturated carbocycles. The van der Waals surface area contributed by atoms with E-state index in [1.54, 1.807) is 0 Å². The fourth-order valence-electron chi connectivity index (χ4n) is 2.54. The van der Waals surface area contributed by atoms with Crippen LogP contribution in [0.3, 0.4) is 0 Å². The SMILES string of the molecule is Cc1cc(C)nc(NNC(=O)C2(c3ccccc3)CC2)n1. The van der Waals surface area contributed by atoms with Gasteiger partial charge >= 0.3 is 0 Å². The molecule has 0 radical (unpaired) electrons. The largest absolute Gasteiger partial charge is 0.272 e. The zero-order valence-corrected chi connectivity index (χ0v) is 12.2. The number of benzene rings is 1. The number of carbonyl (C=O) groups excluding carboxylic acids is 1. The predicted octanol–water partition coefficient (Wildman–Crippen LogP) is 2.27. The van der Waals surface area contributed by atoms with E-state index < -0.39 is 5.41 Å². The third-order valence-corrected chi connectivity index (χ3v) is 3.78. The van der Waals surface area contributed by atoms with E-state index in [1.165, 1.54) is 0 Å². The standard InChI is InChI=1S/C16H18N4O/c1-11-10-12(2)18-15(17-11)20-19-14(21)16(8-9-16)13-6-4-3-5-7-13/h3-7,10H,8-9H2,1-2H3,(H,19,21)(H,17,18,20). The van der Waals surface area contributed by atoms with Crippen LogP contribution in [-0.4, -0.2) is 15.9 Å². The minimum Gasteiger partial charge on any atom is -0.272 e. The lowest BCUT2D eigenvalue weighted by Gasteiger charge is -2.16. The number of nitrogens with zero attached hydrogens (tertiary/aromatic N) is 2. The summed E-state index contributed by atoms with van der Waals surface area (Å²) in [6.45, 7) is 3.79. The van der Waals surface area contributed by atoms with E-state index in [0.717, 1.165) is 29.8 Å². The summed E-state index contributed by atoms with van der Waals surface area (Å²) in [6.07, 6.45) is 1.75. The van der Waals surface area contributed by atoms with Crippen molar-refractivity contribution in [3.63, 3.8) is 0 Å². The highest BCUT2D eigenvalue weighted by atomic mass is 16.2. The van der Waals surface area contributed by atoms with Crippen LogP contribution < -0.4 is 10.9 Å². The van der Waals surface area contributed by atoms with Crippen LogP contribution >= 0.6 is 0 Å². The highest BCUT2D eigenvalue weighted by Crippen LogP contribution is 2.48. The molecular formula is C16H18N4O. The number of rotatable bonds is 4. The van der Waals surface area contributed by atoms with Crippen molar-refractivity contribution in [3.05, 3.63) is 53.3 Å². The normalized spacial score (nSPS) is 15.3. The molecule has 1 aliphatic rings. The highest BCUT2D eigenvalue weighted by Gasteiger charge is 2.51. The van der Waals surface area contributed by atoms with Gasteiger partial charge in [0.1, 0.15) is 0 Å². The van der Waals surface area contributed by atoms with Gasteiger partial charge in [0.15, 0.2) is 0 Å². The molecule has 1 aromatic carbocycles. The average molecular weight is 282 g/mol. The van der Waals surface area contributed by atoms with Gasteiger partial charge in [-0.1, -0.05) is 30.3 Å². The second kappa shape index (κ2) is 5.16. The molecule has 2 aromatic rings. The van der Waals surface area contributed by atoms with Crippen molar-refractivity contribution >= 4 is 11.9 Å². The van der Waals surface area contributed by atoms with Crippen LogP contribution in [0, 0.1) is 13.8 Å². The summed E-state index contributed by atoms with van der Waals surface area (Å²) in [6, 6.07) is 11.8. The number of anilines is 1. The summed E-state index contributed by atoms with van der Waals surface area (Å²) < 4.78 is 0. The number of nitrogens with one attached hydrogen (secondary N) is 2. The Balaban J connectivity index is 1.70. The van der Waals surface area contributed by atoms with Gasteiger partial charge in [-0.05, 0) is 38.3 Å². The number of amides is 1. The molecule has 3 rings (SSSR count). The van der Waals surface area contributed by atoms with Crippen molar-refractivity contribution in [3.8, 4) is 0 Å². The molecule has 5 heteroatoms. The number of carbonyl (C=O) groups is 1. The molecule has 0 saturated heterocycles. The molecule has 1 aromatic heterocycles. The molecule has 1 fully saturated rings. The minimum atomic E-state index is -0.396. The first kappa shape index (κ1) is 13.5. The van der Waals surface area contributed by atoms with Crippen molar-refractivity contribution in [2.75, 3.05) is 5.43 Å². The van der Waals surface area contributed by atoms with Crippen molar-refractivity contribution in [1.29, 1.82) is 0 Å². The molecule has 0 unspecified atom stereocenters. The van der Waals surface area contributed by atoms with Crippen molar-refractivity contribution in [1.82, 2.24) is 15.4 Å². The lowest BCUT2D eigenvalue weighted by Crippen LogP contribution is -2.39. The third kappa shape index (κ3) is 2.72. The van der Waals surface area contributed by atoms with Gasteiger partial charge in [0.25, 0.3) is 0 Å². The zero-order valence-electron chi connectivity index (χ0n) is 12.2. The van der Waals surface area contributed by atoms with Gasteiger partial charge in [0, 0.05) is 11.4 Å². The number of hydrogen-bond donors (Lipinski definition) is 2. The maximum Gasteiger partial charge on any atom is 0.249 e. The molecule has 21 heavy (non-hydrogen) atoms. The summed E-state index contributed by atoms with van der Waals surface area (Å²) >= 11 is 0. The van der Waals surface area contributed by atoms with Crippen molar-refractivity contribution in [2.24, 2.45) is 0 Å². The Hall–Kier alpha value is -2.43.